The number of fused-ring (bicyclic) bond motifs is 1. The SMILES string of the molecule is C=C(C)C(=O)OC1C2=CC3C(=O)OC1C3C2. The fourth-order valence-electron chi connectivity index (χ4n) is 2.75. The van der Waals surface area contributed by atoms with Crippen molar-refractivity contribution in [3.63, 3.8) is 0 Å². The first-order valence-electron chi connectivity index (χ1n) is 5.35. The van der Waals surface area contributed by atoms with E-state index in [4.69, 9.17) is 9.47 Å². The summed E-state index contributed by atoms with van der Waals surface area (Å²) in [6.07, 6.45) is 2.07. The van der Waals surface area contributed by atoms with Gasteiger partial charge in [-0.2, -0.15) is 0 Å². The van der Waals surface area contributed by atoms with Crippen LogP contribution < -0.4 is 0 Å². The topological polar surface area (TPSA) is 52.6 Å². The van der Waals surface area contributed by atoms with E-state index in [0.29, 0.717) is 5.57 Å². The highest BCUT2D eigenvalue weighted by molar-refractivity contribution is 5.87. The quantitative estimate of drug-likeness (QED) is 0.395. The van der Waals surface area contributed by atoms with E-state index in [2.05, 4.69) is 6.58 Å². The summed E-state index contributed by atoms with van der Waals surface area (Å²) in [6.45, 7) is 5.14. The van der Waals surface area contributed by atoms with Crippen LogP contribution in [0.5, 0.6) is 0 Å². The Labute approximate surface area is 92.9 Å². The van der Waals surface area contributed by atoms with Gasteiger partial charge in [-0.3, -0.25) is 4.79 Å². The van der Waals surface area contributed by atoms with Crippen molar-refractivity contribution in [3.05, 3.63) is 23.8 Å². The zero-order valence-corrected chi connectivity index (χ0v) is 8.93. The first-order chi connectivity index (χ1) is 7.58. The van der Waals surface area contributed by atoms with E-state index in [9.17, 15) is 9.59 Å². The molecule has 1 aliphatic heterocycles. The molecule has 16 heavy (non-hydrogen) atoms. The lowest BCUT2D eigenvalue weighted by atomic mass is 9.93. The number of hydrogen-bond acceptors (Lipinski definition) is 4. The minimum Gasteiger partial charge on any atom is -0.457 e. The standard InChI is InChI=1S/C12H12O4/c1-5(2)11(13)15-9-6-3-7-8(4-6)12(14)16-10(7)9/h4,7-10H,1,3H2,2H3. The molecule has 84 valence electrons. The maximum Gasteiger partial charge on any atom is 0.333 e. The van der Waals surface area contributed by atoms with Gasteiger partial charge in [0.25, 0.3) is 0 Å². The van der Waals surface area contributed by atoms with Gasteiger partial charge in [-0.1, -0.05) is 12.7 Å². The Morgan fingerprint density at radius 2 is 2.38 bits per heavy atom. The predicted molar refractivity (Wildman–Crippen MR) is 54.3 cm³/mol. The molecule has 3 aliphatic rings. The van der Waals surface area contributed by atoms with Gasteiger partial charge in [0.2, 0.25) is 0 Å². The molecule has 0 amide bonds. The number of hydrogen-bond donors (Lipinski definition) is 0. The average molecular weight is 220 g/mol. The Kier molecular flexibility index (Phi) is 1.79. The minimum absolute atomic E-state index is 0.0974. The summed E-state index contributed by atoms with van der Waals surface area (Å²) >= 11 is 0. The lowest BCUT2D eigenvalue weighted by Crippen LogP contribution is -2.32. The smallest absolute Gasteiger partial charge is 0.333 e. The summed E-state index contributed by atoms with van der Waals surface area (Å²) in [5, 5.41) is 0. The maximum absolute atomic E-state index is 11.4. The van der Waals surface area contributed by atoms with Gasteiger partial charge in [0, 0.05) is 11.5 Å². The molecule has 0 radical (unpaired) electrons. The van der Waals surface area contributed by atoms with Crippen molar-refractivity contribution in [1.82, 2.24) is 0 Å². The predicted octanol–water partition coefficient (Wildman–Crippen LogP) is 0.976. The third-order valence-corrected chi connectivity index (χ3v) is 3.52. The van der Waals surface area contributed by atoms with Crippen LogP contribution >= 0.6 is 0 Å². The minimum atomic E-state index is -0.419. The van der Waals surface area contributed by atoms with E-state index in [1.54, 1.807) is 6.92 Å². The van der Waals surface area contributed by atoms with E-state index in [1.807, 2.05) is 6.08 Å². The molecule has 0 N–H and O–H groups in total. The number of carbonyl (C=O) groups excluding carboxylic acids is 2. The van der Waals surface area contributed by atoms with Crippen molar-refractivity contribution >= 4 is 11.9 Å². The van der Waals surface area contributed by atoms with E-state index >= 15 is 0 Å². The van der Waals surface area contributed by atoms with Gasteiger partial charge in [0.1, 0.15) is 6.10 Å². The van der Waals surface area contributed by atoms with Crippen molar-refractivity contribution in [2.24, 2.45) is 11.8 Å². The van der Waals surface area contributed by atoms with E-state index in [1.165, 1.54) is 0 Å². The number of carbonyl (C=O) groups is 2. The maximum atomic E-state index is 11.4. The molecule has 1 saturated carbocycles. The zero-order chi connectivity index (χ0) is 11.4. The molecule has 1 saturated heterocycles. The average Bonchev–Trinajstić information content (AvgIpc) is 2.81. The molecular weight excluding hydrogens is 208 g/mol. The first kappa shape index (κ1) is 9.63. The van der Waals surface area contributed by atoms with Crippen LogP contribution in [0.3, 0.4) is 0 Å². The Morgan fingerprint density at radius 1 is 1.62 bits per heavy atom. The van der Waals surface area contributed by atoms with Crippen LogP contribution in [-0.2, 0) is 19.1 Å². The Hall–Kier alpha value is -1.58. The van der Waals surface area contributed by atoms with E-state index in [0.717, 1.165) is 12.0 Å². The Bertz CT molecular complexity index is 434. The van der Waals surface area contributed by atoms with Crippen LogP contribution in [0.15, 0.2) is 23.8 Å². The van der Waals surface area contributed by atoms with Crippen LogP contribution in [0, 0.1) is 11.8 Å². The molecule has 0 aromatic rings. The lowest BCUT2D eigenvalue weighted by molar-refractivity contribution is -0.154. The van der Waals surface area contributed by atoms with Crippen molar-refractivity contribution in [1.29, 1.82) is 0 Å². The highest BCUT2D eigenvalue weighted by atomic mass is 16.6. The summed E-state index contributed by atoms with van der Waals surface area (Å²) in [5.41, 5.74) is 1.39. The molecule has 4 nitrogen and oxygen atoms in total. The summed E-state index contributed by atoms with van der Waals surface area (Å²) in [6, 6.07) is 0. The lowest BCUT2D eigenvalue weighted by Gasteiger charge is -2.21. The first-order valence-corrected chi connectivity index (χ1v) is 5.35. The largest absolute Gasteiger partial charge is 0.457 e. The van der Waals surface area contributed by atoms with Crippen LogP contribution in [-0.4, -0.2) is 24.1 Å². The fourth-order valence-corrected chi connectivity index (χ4v) is 2.75. The van der Waals surface area contributed by atoms with Crippen LogP contribution in [0.1, 0.15) is 13.3 Å². The normalized spacial score (nSPS) is 38.3. The molecule has 4 atom stereocenters. The third kappa shape index (κ3) is 1.10. The monoisotopic (exact) mass is 220 g/mol. The zero-order valence-electron chi connectivity index (χ0n) is 8.93. The Morgan fingerprint density at radius 3 is 3.06 bits per heavy atom. The second-order valence-electron chi connectivity index (χ2n) is 4.64. The molecular formula is C12H12O4. The third-order valence-electron chi connectivity index (χ3n) is 3.52. The Balaban J connectivity index is 1.83. The van der Waals surface area contributed by atoms with Gasteiger partial charge < -0.3 is 9.47 Å². The number of esters is 2. The highest BCUT2D eigenvalue weighted by Crippen LogP contribution is 2.51. The van der Waals surface area contributed by atoms with Gasteiger partial charge in [0.15, 0.2) is 6.10 Å². The second kappa shape index (κ2) is 2.97. The molecule has 0 aromatic carbocycles. The van der Waals surface area contributed by atoms with Crippen LogP contribution in [0.25, 0.3) is 0 Å². The van der Waals surface area contributed by atoms with Gasteiger partial charge in [-0.15, -0.1) is 0 Å². The number of ether oxygens (including phenoxy) is 2. The number of rotatable bonds is 2. The van der Waals surface area contributed by atoms with Gasteiger partial charge in [-0.05, 0) is 18.9 Å². The van der Waals surface area contributed by atoms with E-state index < -0.39 is 5.97 Å². The molecule has 3 rings (SSSR count). The van der Waals surface area contributed by atoms with Crippen molar-refractivity contribution in [3.8, 4) is 0 Å². The van der Waals surface area contributed by atoms with Crippen molar-refractivity contribution in [2.75, 3.05) is 0 Å². The van der Waals surface area contributed by atoms with Gasteiger partial charge >= 0.3 is 11.9 Å². The highest BCUT2D eigenvalue weighted by Gasteiger charge is 2.58. The molecule has 0 spiro atoms. The molecule has 0 aromatic heterocycles. The van der Waals surface area contributed by atoms with Crippen molar-refractivity contribution in [2.45, 2.75) is 25.6 Å². The molecule has 2 aliphatic carbocycles. The fraction of sp³-hybridized carbons (Fsp3) is 0.500. The van der Waals surface area contributed by atoms with Crippen molar-refractivity contribution < 1.29 is 19.1 Å². The molecule has 2 bridgehead atoms. The van der Waals surface area contributed by atoms with E-state index in [-0.39, 0.29) is 30.0 Å². The molecule has 4 heteroatoms. The molecule has 1 heterocycles. The second-order valence-corrected chi connectivity index (χ2v) is 4.64. The molecule has 2 fully saturated rings. The summed E-state index contributed by atoms with van der Waals surface area (Å²) < 4.78 is 10.5. The van der Waals surface area contributed by atoms with Crippen LogP contribution in [0.4, 0.5) is 0 Å². The summed E-state index contributed by atoms with van der Waals surface area (Å²) in [7, 11) is 0. The van der Waals surface area contributed by atoms with Crippen LogP contribution in [0.2, 0.25) is 0 Å². The summed E-state index contributed by atoms with van der Waals surface area (Å²) in [5.74, 6) is -0.512. The van der Waals surface area contributed by atoms with Gasteiger partial charge in [-0.25, -0.2) is 4.79 Å². The summed E-state index contributed by atoms with van der Waals surface area (Å²) in [4.78, 5) is 22.9. The molecule has 4 unspecified atom stereocenters. The van der Waals surface area contributed by atoms with Gasteiger partial charge in [0.05, 0.1) is 5.92 Å².